The first-order valence-electron chi connectivity index (χ1n) is 6.12. The zero-order valence-corrected chi connectivity index (χ0v) is 11.5. The normalized spacial score (nSPS) is 10.6. The van der Waals surface area contributed by atoms with Crippen molar-refractivity contribution in [3.8, 4) is 16.9 Å². The fourth-order valence-electron chi connectivity index (χ4n) is 2.04. The molecule has 1 aromatic heterocycles. The molecule has 4 nitrogen and oxygen atoms in total. The maximum absolute atomic E-state index is 14.0. The molecule has 0 atom stereocenters. The van der Waals surface area contributed by atoms with Crippen LogP contribution in [-0.4, -0.2) is 21.3 Å². The Morgan fingerprint density at radius 1 is 1.10 bits per heavy atom. The van der Waals surface area contributed by atoms with E-state index < -0.39 is 5.82 Å². The van der Waals surface area contributed by atoms with Crippen LogP contribution in [0.4, 0.5) is 4.39 Å². The number of carbonyl (C=O) groups is 1. The lowest BCUT2D eigenvalue weighted by atomic mass is 10.1. The third kappa shape index (κ3) is 2.43. The van der Waals surface area contributed by atoms with E-state index in [2.05, 4.69) is 10.3 Å². The number of carbonyl (C=O) groups excluding carboxylic acids is 1. The van der Waals surface area contributed by atoms with E-state index in [4.69, 9.17) is 11.6 Å². The number of halogens is 2. The third-order valence-corrected chi connectivity index (χ3v) is 3.26. The van der Waals surface area contributed by atoms with Crippen LogP contribution in [0.3, 0.4) is 0 Å². The molecular weight excluding hydrogens is 293 g/mol. The van der Waals surface area contributed by atoms with Crippen molar-refractivity contribution >= 4 is 17.9 Å². The average molecular weight is 302 g/mol. The number of nitrogens with zero attached hydrogens (tertiary/aromatic N) is 3. The minimum atomic E-state index is -0.449. The largest absolute Gasteiger partial charge is 0.296 e. The van der Waals surface area contributed by atoms with Gasteiger partial charge in [0.1, 0.15) is 17.2 Å². The zero-order valence-electron chi connectivity index (χ0n) is 10.7. The number of hydrogen-bond donors (Lipinski definition) is 0. The summed E-state index contributed by atoms with van der Waals surface area (Å²) < 4.78 is 15.3. The van der Waals surface area contributed by atoms with Gasteiger partial charge in [-0.1, -0.05) is 41.1 Å². The lowest BCUT2D eigenvalue weighted by molar-refractivity contribution is 0.111. The maximum atomic E-state index is 14.0. The Hall–Kier alpha value is -2.53. The van der Waals surface area contributed by atoms with E-state index in [0.717, 1.165) is 0 Å². The molecule has 0 unspecified atom stereocenters. The van der Waals surface area contributed by atoms with Crippen molar-refractivity contribution in [2.45, 2.75) is 0 Å². The Labute approximate surface area is 124 Å². The van der Waals surface area contributed by atoms with Gasteiger partial charge in [-0.15, -0.1) is 5.10 Å². The fraction of sp³-hybridized carbons (Fsp3) is 0. The number of aromatic nitrogens is 3. The molecule has 0 aliphatic heterocycles. The first-order valence-corrected chi connectivity index (χ1v) is 6.50. The van der Waals surface area contributed by atoms with E-state index in [1.54, 1.807) is 42.5 Å². The van der Waals surface area contributed by atoms with Gasteiger partial charge < -0.3 is 0 Å². The fourth-order valence-corrected chi connectivity index (χ4v) is 2.17. The van der Waals surface area contributed by atoms with Gasteiger partial charge in [-0.05, 0) is 24.3 Å². The van der Waals surface area contributed by atoms with Crippen LogP contribution < -0.4 is 0 Å². The van der Waals surface area contributed by atoms with Crippen molar-refractivity contribution < 1.29 is 9.18 Å². The Morgan fingerprint density at radius 3 is 2.48 bits per heavy atom. The molecule has 0 saturated heterocycles. The quantitative estimate of drug-likeness (QED) is 0.695. The molecule has 0 saturated carbocycles. The third-order valence-electron chi connectivity index (χ3n) is 3.01. The second-order valence-corrected chi connectivity index (χ2v) is 4.75. The molecule has 0 spiro atoms. The Bertz CT molecular complexity index is 799. The lowest BCUT2D eigenvalue weighted by Crippen LogP contribution is -2.02. The summed E-state index contributed by atoms with van der Waals surface area (Å²) in [6.45, 7) is 0. The molecular formula is C15H9ClFN3O. The van der Waals surface area contributed by atoms with Crippen LogP contribution in [0.1, 0.15) is 10.5 Å². The predicted octanol–water partition coefficient (Wildman–Crippen LogP) is 3.54. The van der Waals surface area contributed by atoms with E-state index in [1.165, 1.54) is 10.7 Å². The van der Waals surface area contributed by atoms with Gasteiger partial charge in [0, 0.05) is 10.6 Å². The van der Waals surface area contributed by atoms with Crippen molar-refractivity contribution in [2.75, 3.05) is 0 Å². The molecule has 21 heavy (non-hydrogen) atoms. The van der Waals surface area contributed by atoms with Crippen molar-refractivity contribution in [3.05, 3.63) is 65.1 Å². The van der Waals surface area contributed by atoms with Gasteiger partial charge in [0.05, 0.1) is 0 Å². The highest BCUT2D eigenvalue weighted by Gasteiger charge is 2.17. The average Bonchev–Trinajstić information content (AvgIpc) is 2.92. The number of benzene rings is 2. The molecule has 0 aliphatic carbocycles. The van der Waals surface area contributed by atoms with Gasteiger partial charge in [0.2, 0.25) is 0 Å². The highest BCUT2D eigenvalue weighted by molar-refractivity contribution is 6.30. The SMILES string of the molecule is O=Cc1nnn(-c2ccccc2F)c1-c1ccc(Cl)cc1. The number of hydrogen-bond acceptors (Lipinski definition) is 3. The van der Waals surface area contributed by atoms with Gasteiger partial charge in [-0.2, -0.15) is 0 Å². The Morgan fingerprint density at radius 2 is 1.81 bits per heavy atom. The van der Waals surface area contributed by atoms with Crippen molar-refractivity contribution in [2.24, 2.45) is 0 Å². The molecule has 0 fully saturated rings. The van der Waals surface area contributed by atoms with Gasteiger partial charge in [0.25, 0.3) is 0 Å². The van der Waals surface area contributed by atoms with Crippen LogP contribution in [0.15, 0.2) is 48.5 Å². The highest BCUT2D eigenvalue weighted by atomic mass is 35.5. The summed E-state index contributed by atoms with van der Waals surface area (Å²) in [5.74, 6) is -0.449. The molecule has 0 N–H and O–H groups in total. The topological polar surface area (TPSA) is 47.8 Å². The predicted molar refractivity (Wildman–Crippen MR) is 77.2 cm³/mol. The van der Waals surface area contributed by atoms with E-state index in [0.29, 0.717) is 22.6 Å². The molecule has 3 aromatic rings. The summed E-state index contributed by atoms with van der Waals surface area (Å²) in [6, 6.07) is 13.0. The van der Waals surface area contributed by atoms with Gasteiger partial charge in [0.15, 0.2) is 12.0 Å². The van der Waals surface area contributed by atoms with E-state index in [1.807, 2.05) is 0 Å². The molecule has 104 valence electrons. The molecule has 1 heterocycles. The smallest absolute Gasteiger partial charge is 0.172 e. The zero-order chi connectivity index (χ0) is 14.8. The summed E-state index contributed by atoms with van der Waals surface area (Å²) in [5.41, 5.74) is 1.46. The van der Waals surface area contributed by atoms with Gasteiger partial charge in [-0.25, -0.2) is 9.07 Å². The van der Waals surface area contributed by atoms with Gasteiger partial charge >= 0.3 is 0 Å². The molecule has 0 radical (unpaired) electrons. The molecule has 6 heteroatoms. The summed E-state index contributed by atoms with van der Waals surface area (Å²) in [5, 5.41) is 8.24. The Balaban J connectivity index is 2.24. The Kier molecular flexibility index (Phi) is 3.50. The van der Waals surface area contributed by atoms with Crippen molar-refractivity contribution in [1.29, 1.82) is 0 Å². The van der Waals surface area contributed by atoms with Crippen molar-refractivity contribution in [1.82, 2.24) is 15.0 Å². The van der Waals surface area contributed by atoms with Crippen LogP contribution in [0.2, 0.25) is 5.02 Å². The van der Waals surface area contributed by atoms with E-state index in [9.17, 15) is 9.18 Å². The van der Waals surface area contributed by atoms with Crippen LogP contribution in [0.25, 0.3) is 16.9 Å². The number of para-hydroxylation sites is 1. The summed E-state index contributed by atoms with van der Waals surface area (Å²) in [6.07, 6.45) is 0.592. The van der Waals surface area contributed by atoms with Crippen LogP contribution in [0, 0.1) is 5.82 Å². The van der Waals surface area contributed by atoms with E-state index in [-0.39, 0.29) is 11.4 Å². The van der Waals surface area contributed by atoms with Crippen LogP contribution >= 0.6 is 11.6 Å². The van der Waals surface area contributed by atoms with E-state index >= 15 is 0 Å². The van der Waals surface area contributed by atoms with Crippen LogP contribution in [-0.2, 0) is 0 Å². The van der Waals surface area contributed by atoms with Crippen LogP contribution in [0.5, 0.6) is 0 Å². The molecule has 2 aromatic carbocycles. The summed E-state index contributed by atoms with van der Waals surface area (Å²) in [4.78, 5) is 11.2. The van der Waals surface area contributed by atoms with Crippen molar-refractivity contribution in [3.63, 3.8) is 0 Å². The monoisotopic (exact) mass is 301 g/mol. The standard InChI is InChI=1S/C15H9ClFN3O/c16-11-7-5-10(6-8-11)15-13(9-21)18-19-20(15)14-4-2-1-3-12(14)17/h1-9H. The summed E-state index contributed by atoms with van der Waals surface area (Å²) in [7, 11) is 0. The molecule has 3 rings (SSSR count). The lowest BCUT2D eigenvalue weighted by Gasteiger charge is -2.08. The molecule has 0 amide bonds. The first-order chi connectivity index (χ1) is 10.2. The molecule has 0 aliphatic rings. The highest BCUT2D eigenvalue weighted by Crippen LogP contribution is 2.26. The molecule has 0 bridgehead atoms. The first kappa shape index (κ1) is 13.5. The van der Waals surface area contributed by atoms with Gasteiger partial charge in [-0.3, -0.25) is 4.79 Å². The second-order valence-electron chi connectivity index (χ2n) is 4.31. The maximum Gasteiger partial charge on any atom is 0.172 e. The minimum Gasteiger partial charge on any atom is -0.296 e. The second kappa shape index (κ2) is 5.46. The number of rotatable bonds is 3. The number of aldehydes is 1. The minimum absolute atomic E-state index is 0.139. The summed E-state index contributed by atoms with van der Waals surface area (Å²) >= 11 is 5.86.